The molecule has 1 N–H and O–H groups in total. The highest BCUT2D eigenvalue weighted by Crippen LogP contribution is 2.32. The van der Waals surface area contributed by atoms with Crippen LogP contribution >= 0.6 is 0 Å². The zero-order valence-electron chi connectivity index (χ0n) is 16.8. The maximum atomic E-state index is 13.0. The maximum Gasteiger partial charge on any atom is 0.348 e. The SMILES string of the molecule is C[C@H](OC(=O)C1=C(Nc2ccccc2)OCC1=O)C(=O)N1c2ccccc2C[C@@H]1C. The van der Waals surface area contributed by atoms with Gasteiger partial charge in [-0.15, -0.1) is 0 Å². The number of ether oxygens (including phenoxy) is 2. The molecule has 0 aromatic heterocycles. The second-order valence-corrected chi connectivity index (χ2v) is 7.34. The first-order valence-electron chi connectivity index (χ1n) is 9.80. The van der Waals surface area contributed by atoms with Gasteiger partial charge in [-0.1, -0.05) is 36.4 Å². The van der Waals surface area contributed by atoms with Crippen molar-refractivity contribution >= 4 is 29.0 Å². The normalized spacial score (nSPS) is 18.7. The summed E-state index contributed by atoms with van der Waals surface area (Å²) in [5.74, 6) is -1.66. The fourth-order valence-electron chi connectivity index (χ4n) is 3.73. The van der Waals surface area contributed by atoms with Gasteiger partial charge in [0.2, 0.25) is 11.7 Å². The van der Waals surface area contributed by atoms with Crippen molar-refractivity contribution in [2.45, 2.75) is 32.4 Å². The highest BCUT2D eigenvalue weighted by Gasteiger charge is 2.37. The Morgan fingerprint density at radius 2 is 1.83 bits per heavy atom. The second kappa shape index (κ2) is 8.02. The van der Waals surface area contributed by atoms with Crippen LogP contribution in [-0.2, 0) is 30.3 Å². The molecular formula is C23H22N2O5. The Morgan fingerprint density at radius 3 is 2.60 bits per heavy atom. The van der Waals surface area contributed by atoms with Crippen LogP contribution in [0.3, 0.4) is 0 Å². The Hall–Kier alpha value is -3.61. The minimum absolute atomic E-state index is 0.0377. The number of ketones is 1. The molecule has 0 bridgehead atoms. The molecule has 2 heterocycles. The number of nitrogens with one attached hydrogen (secondary N) is 1. The molecule has 7 heteroatoms. The van der Waals surface area contributed by atoms with Gasteiger partial charge in [-0.25, -0.2) is 4.79 Å². The number of Topliss-reactive ketones (excluding diaryl/α,β-unsaturated/α-hetero) is 1. The maximum absolute atomic E-state index is 13.0. The Bertz CT molecular complexity index is 1030. The smallest absolute Gasteiger partial charge is 0.348 e. The van der Waals surface area contributed by atoms with E-state index in [2.05, 4.69) is 5.32 Å². The lowest BCUT2D eigenvalue weighted by Crippen LogP contribution is -2.43. The first-order chi connectivity index (χ1) is 14.5. The molecular weight excluding hydrogens is 384 g/mol. The van der Waals surface area contributed by atoms with Crippen molar-refractivity contribution in [1.29, 1.82) is 0 Å². The summed E-state index contributed by atoms with van der Waals surface area (Å²) in [6.07, 6.45) is -0.310. The number of para-hydroxylation sites is 2. The number of amides is 1. The average Bonchev–Trinajstić information content (AvgIpc) is 3.26. The number of benzene rings is 2. The molecule has 2 aliphatic heterocycles. The van der Waals surface area contributed by atoms with Gasteiger partial charge in [0, 0.05) is 17.4 Å². The molecule has 2 aromatic carbocycles. The first kappa shape index (κ1) is 19.7. The minimum atomic E-state index is -1.05. The van der Waals surface area contributed by atoms with Crippen LogP contribution in [0.15, 0.2) is 66.1 Å². The Morgan fingerprint density at radius 1 is 1.13 bits per heavy atom. The van der Waals surface area contributed by atoms with Crippen molar-refractivity contribution < 1.29 is 23.9 Å². The van der Waals surface area contributed by atoms with E-state index in [9.17, 15) is 14.4 Å². The van der Waals surface area contributed by atoms with E-state index in [1.54, 1.807) is 17.0 Å². The number of hydrogen-bond donors (Lipinski definition) is 1. The van der Waals surface area contributed by atoms with Crippen molar-refractivity contribution in [3.63, 3.8) is 0 Å². The first-order valence-corrected chi connectivity index (χ1v) is 9.80. The van der Waals surface area contributed by atoms with Crippen LogP contribution in [0, 0.1) is 0 Å². The van der Waals surface area contributed by atoms with Gasteiger partial charge in [0.25, 0.3) is 5.91 Å². The van der Waals surface area contributed by atoms with Crippen molar-refractivity contribution in [1.82, 2.24) is 0 Å². The predicted molar refractivity (Wildman–Crippen MR) is 111 cm³/mol. The average molecular weight is 406 g/mol. The summed E-state index contributed by atoms with van der Waals surface area (Å²) in [6, 6.07) is 16.7. The summed E-state index contributed by atoms with van der Waals surface area (Å²) in [5, 5.41) is 2.92. The van der Waals surface area contributed by atoms with E-state index < -0.39 is 17.9 Å². The third kappa shape index (κ3) is 3.66. The van der Waals surface area contributed by atoms with Gasteiger partial charge in [-0.05, 0) is 44.0 Å². The summed E-state index contributed by atoms with van der Waals surface area (Å²) in [7, 11) is 0. The van der Waals surface area contributed by atoms with Gasteiger partial charge in [-0.2, -0.15) is 0 Å². The lowest BCUT2D eigenvalue weighted by molar-refractivity contribution is -0.150. The molecule has 4 rings (SSSR count). The standard InChI is InChI=1S/C23H22N2O5/c1-14-12-16-8-6-7-11-18(16)25(14)22(27)15(2)30-23(28)20-19(26)13-29-21(20)24-17-9-4-3-5-10-17/h3-11,14-15,24H,12-13H2,1-2H3/t14-,15-/m0/s1. The topological polar surface area (TPSA) is 84.9 Å². The zero-order valence-corrected chi connectivity index (χ0v) is 16.8. The molecule has 1 amide bonds. The van der Waals surface area contributed by atoms with Crippen LogP contribution in [0.2, 0.25) is 0 Å². The van der Waals surface area contributed by atoms with E-state index >= 15 is 0 Å². The fourth-order valence-corrected chi connectivity index (χ4v) is 3.73. The van der Waals surface area contributed by atoms with Crippen LogP contribution < -0.4 is 10.2 Å². The Labute approximate surface area is 174 Å². The quantitative estimate of drug-likeness (QED) is 0.607. The Kier molecular flexibility index (Phi) is 5.27. The molecule has 2 aromatic rings. The Balaban J connectivity index is 1.50. The number of nitrogens with zero attached hydrogens (tertiary/aromatic N) is 1. The molecule has 0 saturated carbocycles. The molecule has 2 atom stereocenters. The molecule has 2 aliphatic rings. The van der Waals surface area contributed by atoms with Crippen LogP contribution in [0.25, 0.3) is 0 Å². The number of carbonyl (C=O) groups excluding carboxylic acids is 3. The summed E-state index contributed by atoms with van der Waals surface area (Å²) in [5.41, 5.74) is 2.35. The fraction of sp³-hybridized carbons (Fsp3) is 0.261. The highest BCUT2D eigenvalue weighted by molar-refractivity contribution is 6.20. The number of anilines is 2. The summed E-state index contributed by atoms with van der Waals surface area (Å²) in [6.45, 7) is 3.21. The minimum Gasteiger partial charge on any atom is -0.470 e. The molecule has 0 unspecified atom stereocenters. The molecule has 0 saturated heterocycles. The molecule has 0 aliphatic carbocycles. The van der Waals surface area contributed by atoms with Gasteiger partial charge in [-0.3, -0.25) is 9.59 Å². The van der Waals surface area contributed by atoms with Crippen LogP contribution in [0.1, 0.15) is 19.4 Å². The van der Waals surface area contributed by atoms with E-state index in [1.165, 1.54) is 6.92 Å². The van der Waals surface area contributed by atoms with E-state index in [4.69, 9.17) is 9.47 Å². The van der Waals surface area contributed by atoms with Gasteiger partial charge in [0.15, 0.2) is 18.3 Å². The van der Waals surface area contributed by atoms with Gasteiger partial charge < -0.3 is 19.7 Å². The molecule has 154 valence electrons. The van der Waals surface area contributed by atoms with Gasteiger partial charge in [0.05, 0.1) is 0 Å². The number of carbonyl (C=O) groups is 3. The number of hydrogen-bond acceptors (Lipinski definition) is 6. The highest BCUT2D eigenvalue weighted by atomic mass is 16.6. The number of fused-ring (bicyclic) bond motifs is 1. The van der Waals surface area contributed by atoms with Gasteiger partial charge >= 0.3 is 5.97 Å². The van der Waals surface area contributed by atoms with Crippen molar-refractivity contribution in [2.75, 3.05) is 16.8 Å². The third-order valence-electron chi connectivity index (χ3n) is 5.17. The lowest BCUT2D eigenvalue weighted by Gasteiger charge is -2.26. The number of esters is 1. The predicted octanol–water partition coefficient (Wildman–Crippen LogP) is 2.82. The van der Waals surface area contributed by atoms with Crippen LogP contribution in [-0.4, -0.2) is 36.4 Å². The monoisotopic (exact) mass is 406 g/mol. The summed E-state index contributed by atoms with van der Waals surface area (Å²) < 4.78 is 10.7. The summed E-state index contributed by atoms with van der Waals surface area (Å²) in [4.78, 5) is 39.6. The second-order valence-electron chi connectivity index (χ2n) is 7.34. The van der Waals surface area contributed by atoms with Crippen molar-refractivity contribution in [3.05, 3.63) is 71.6 Å². The van der Waals surface area contributed by atoms with E-state index in [0.717, 1.165) is 17.7 Å². The zero-order chi connectivity index (χ0) is 21.3. The molecule has 0 radical (unpaired) electrons. The molecule has 0 spiro atoms. The van der Waals surface area contributed by atoms with Gasteiger partial charge in [0.1, 0.15) is 0 Å². The van der Waals surface area contributed by atoms with E-state index in [-0.39, 0.29) is 30.0 Å². The molecule has 7 nitrogen and oxygen atoms in total. The molecule has 0 fully saturated rings. The lowest BCUT2D eigenvalue weighted by atomic mass is 10.1. The number of rotatable bonds is 5. The van der Waals surface area contributed by atoms with Crippen LogP contribution in [0.4, 0.5) is 11.4 Å². The van der Waals surface area contributed by atoms with Crippen molar-refractivity contribution in [2.24, 2.45) is 0 Å². The van der Waals surface area contributed by atoms with E-state index in [0.29, 0.717) is 5.69 Å². The largest absolute Gasteiger partial charge is 0.470 e. The van der Waals surface area contributed by atoms with Crippen molar-refractivity contribution in [3.8, 4) is 0 Å². The van der Waals surface area contributed by atoms with E-state index in [1.807, 2.05) is 49.4 Å². The summed E-state index contributed by atoms with van der Waals surface area (Å²) >= 11 is 0. The third-order valence-corrected chi connectivity index (χ3v) is 5.17. The molecule has 30 heavy (non-hydrogen) atoms. The van der Waals surface area contributed by atoms with Crippen LogP contribution in [0.5, 0.6) is 0 Å².